The molecule has 1 aliphatic heterocycles. The Balaban J connectivity index is 1.90. The number of ether oxygens (including phenoxy) is 1. The molecule has 0 fully saturated rings. The molecule has 0 atom stereocenters. The van der Waals surface area contributed by atoms with Crippen molar-refractivity contribution in [3.8, 4) is 5.75 Å². The number of anilines is 1. The first-order valence-electron chi connectivity index (χ1n) is 9.02. The molecular weight excluding hydrogens is 322 g/mol. The number of likely N-dealkylation sites (N-methyl/N-ethyl adjacent to an activating group) is 1. The van der Waals surface area contributed by atoms with Gasteiger partial charge in [0.05, 0.1) is 12.3 Å². The molecule has 130 valence electrons. The van der Waals surface area contributed by atoms with Gasteiger partial charge < -0.3 is 9.64 Å². The topological polar surface area (TPSA) is 29.5 Å². The molecule has 0 N–H and O–H groups in total. The zero-order valence-corrected chi connectivity index (χ0v) is 15.0. The number of carbonyl (C=O) groups is 1. The highest BCUT2D eigenvalue weighted by Crippen LogP contribution is 2.38. The summed E-state index contributed by atoms with van der Waals surface area (Å²) in [6.45, 7) is 5.28. The van der Waals surface area contributed by atoms with Crippen molar-refractivity contribution in [3.63, 3.8) is 0 Å². The van der Waals surface area contributed by atoms with Crippen LogP contribution in [0, 0.1) is 0 Å². The Hall–Kier alpha value is -3.07. The van der Waals surface area contributed by atoms with E-state index in [0.717, 1.165) is 38.9 Å². The molecule has 0 aliphatic carbocycles. The normalized spacial score (nSPS) is 14.9. The Bertz CT molecular complexity index is 1020. The van der Waals surface area contributed by atoms with Gasteiger partial charge in [-0.15, -0.1) is 0 Å². The fourth-order valence-electron chi connectivity index (χ4n) is 3.62. The molecule has 1 aliphatic rings. The Kier molecular flexibility index (Phi) is 4.21. The van der Waals surface area contributed by atoms with Crippen LogP contribution in [-0.4, -0.2) is 19.1 Å². The predicted octanol–water partition coefficient (Wildman–Crippen LogP) is 5.15. The van der Waals surface area contributed by atoms with E-state index < -0.39 is 0 Å². The van der Waals surface area contributed by atoms with Gasteiger partial charge >= 0.3 is 0 Å². The molecule has 0 spiro atoms. The molecule has 3 aromatic rings. The summed E-state index contributed by atoms with van der Waals surface area (Å²) in [5.74, 6) is 0.935. The number of nitrogens with zero attached hydrogens (tertiary/aromatic N) is 1. The number of amides is 1. The molecule has 0 unspecified atom stereocenters. The lowest BCUT2D eigenvalue weighted by molar-refractivity contribution is -0.112. The van der Waals surface area contributed by atoms with Gasteiger partial charge in [0, 0.05) is 23.1 Å². The summed E-state index contributed by atoms with van der Waals surface area (Å²) in [5.41, 5.74) is 3.76. The second kappa shape index (κ2) is 6.68. The van der Waals surface area contributed by atoms with Gasteiger partial charge in [-0.2, -0.15) is 0 Å². The van der Waals surface area contributed by atoms with Crippen molar-refractivity contribution in [1.29, 1.82) is 0 Å². The molecule has 0 saturated carbocycles. The highest BCUT2D eigenvalue weighted by atomic mass is 16.5. The molecule has 3 heteroatoms. The monoisotopic (exact) mass is 343 g/mol. The lowest BCUT2D eigenvalue weighted by Gasteiger charge is -2.13. The number of benzene rings is 3. The van der Waals surface area contributed by atoms with Gasteiger partial charge in [-0.1, -0.05) is 48.5 Å². The Morgan fingerprint density at radius 3 is 2.42 bits per heavy atom. The zero-order valence-electron chi connectivity index (χ0n) is 15.0. The van der Waals surface area contributed by atoms with Crippen LogP contribution in [0.25, 0.3) is 22.4 Å². The van der Waals surface area contributed by atoms with Crippen LogP contribution >= 0.6 is 0 Å². The number of hydrogen-bond donors (Lipinski definition) is 0. The van der Waals surface area contributed by atoms with E-state index in [-0.39, 0.29) is 5.91 Å². The van der Waals surface area contributed by atoms with Crippen LogP contribution in [0.2, 0.25) is 0 Å². The van der Waals surface area contributed by atoms with Gasteiger partial charge in [0.25, 0.3) is 5.91 Å². The average Bonchev–Trinajstić information content (AvgIpc) is 2.95. The molecule has 1 amide bonds. The summed E-state index contributed by atoms with van der Waals surface area (Å²) in [6.07, 6.45) is 2.01. The number of rotatable bonds is 4. The molecule has 0 bridgehead atoms. The minimum Gasteiger partial charge on any atom is -0.493 e. The van der Waals surface area contributed by atoms with Crippen molar-refractivity contribution in [2.75, 3.05) is 18.1 Å². The van der Waals surface area contributed by atoms with Crippen molar-refractivity contribution in [2.45, 2.75) is 13.8 Å². The zero-order chi connectivity index (χ0) is 18.1. The highest BCUT2D eigenvalue weighted by Gasteiger charge is 2.30. The predicted molar refractivity (Wildman–Crippen MR) is 107 cm³/mol. The van der Waals surface area contributed by atoms with Gasteiger partial charge in [0.15, 0.2) is 0 Å². The van der Waals surface area contributed by atoms with Crippen molar-refractivity contribution in [2.24, 2.45) is 0 Å². The quantitative estimate of drug-likeness (QED) is 0.614. The Labute approximate surface area is 153 Å². The fourth-order valence-corrected chi connectivity index (χ4v) is 3.62. The van der Waals surface area contributed by atoms with Gasteiger partial charge in [-0.25, -0.2) is 0 Å². The van der Waals surface area contributed by atoms with Gasteiger partial charge in [0.2, 0.25) is 0 Å². The van der Waals surface area contributed by atoms with Crippen molar-refractivity contribution in [3.05, 3.63) is 71.8 Å². The van der Waals surface area contributed by atoms with Crippen molar-refractivity contribution in [1.82, 2.24) is 0 Å². The smallest absolute Gasteiger partial charge is 0.258 e. The van der Waals surface area contributed by atoms with E-state index in [9.17, 15) is 4.79 Å². The number of hydrogen-bond acceptors (Lipinski definition) is 2. The van der Waals surface area contributed by atoms with Crippen LogP contribution in [0.5, 0.6) is 5.75 Å². The summed E-state index contributed by atoms with van der Waals surface area (Å²) in [7, 11) is 0. The van der Waals surface area contributed by atoms with Crippen LogP contribution in [0.4, 0.5) is 5.69 Å². The van der Waals surface area contributed by atoms with Crippen LogP contribution in [-0.2, 0) is 4.79 Å². The van der Waals surface area contributed by atoms with Gasteiger partial charge in [0.1, 0.15) is 5.75 Å². The standard InChI is InChI=1S/C23H21NO2/c1-3-24-21-12-8-7-10-18(21)20(23(24)25)15-16-13-14-22(26-4-2)19-11-6-5-9-17(16)19/h5-15H,3-4H2,1-2H3. The maximum absolute atomic E-state index is 12.9. The Morgan fingerprint density at radius 2 is 1.65 bits per heavy atom. The summed E-state index contributed by atoms with van der Waals surface area (Å²) in [4.78, 5) is 14.8. The molecular formula is C23H21NO2. The fraction of sp³-hybridized carbons (Fsp3) is 0.174. The first kappa shape index (κ1) is 16.4. The molecule has 3 aromatic carbocycles. The molecule has 1 heterocycles. The lowest BCUT2D eigenvalue weighted by Crippen LogP contribution is -2.25. The Morgan fingerprint density at radius 1 is 0.923 bits per heavy atom. The molecule has 0 saturated heterocycles. The average molecular weight is 343 g/mol. The van der Waals surface area contributed by atoms with E-state index >= 15 is 0 Å². The molecule has 0 radical (unpaired) electrons. The van der Waals surface area contributed by atoms with E-state index in [0.29, 0.717) is 13.2 Å². The third-order valence-corrected chi connectivity index (χ3v) is 4.79. The summed E-state index contributed by atoms with van der Waals surface area (Å²) >= 11 is 0. The molecule has 3 nitrogen and oxygen atoms in total. The van der Waals surface area contributed by atoms with Crippen molar-refractivity contribution < 1.29 is 9.53 Å². The number of carbonyl (C=O) groups excluding carboxylic acids is 1. The van der Waals surface area contributed by atoms with Gasteiger partial charge in [-0.05, 0) is 43.0 Å². The van der Waals surface area contributed by atoms with Crippen LogP contribution in [0.1, 0.15) is 25.0 Å². The first-order valence-corrected chi connectivity index (χ1v) is 9.02. The van der Waals surface area contributed by atoms with E-state index in [4.69, 9.17) is 4.74 Å². The largest absolute Gasteiger partial charge is 0.493 e. The minimum atomic E-state index is 0.0617. The van der Waals surface area contributed by atoms with E-state index in [1.807, 2.05) is 73.4 Å². The summed E-state index contributed by atoms with van der Waals surface area (Å²) in [6, 6.07) is 20.2. The van der Waals surface area contributed by atoms with Gasteiger partial charge in [-0.3, -0.25) is 4.79 Å². The third-order valence-electron chi connectivity index (χ3n) is 4.79. The number of fused-ring (bicyclic) bond motifs is 2. The third kappa shape index (κ3) is 2.57. The van der Waals surface area contributed by atoms with Crippen LogP contribution in [0.3, 0.4) is 0 Å². The summed E-state index contributed by atoms with van der Waals surface area (Å²) in [5, 5.41) is 2.15. The molecule has 0 aromatic heterocycles. The van der Waals surface area contributed by atoms with Crippen molar-refractivity contribution >= 4 is 34.0 Å². The lowest BCUT2D eigenvalue weighted by atomic mass is 9.99. The highest BCUT2D eigenvalue weighted by molar-refractivity contribution is 6.36. The second-order valence-electron chi connectivity index (χ2n) is 6.26. The minimum absolute atomic E-state index is 0.0617. The SMILES string of the molecule is CCOc1ccc(C=C2C(=O)N(CC)c3ccccc32)c2ccccc12. The first-order chi connectivity index (χ1) is 12.7. The number of para-hydroxylation sites is 1. The van der Waals surface area contributed by atoms with E-state index in [1.165, 1.54) is 0 Å². The second-order valence-corrected chi connectivity index (χ2v) is 6.26. The van der Waals surface area contributed by atoms with Crippen LogP contribution in [0.15, 0.2) is 60.7 Å². The maximum atomic E-state index is 12.9. The molecule has 26 heavy (non-hydrogen) atoms. The van der Waals surface area contributed by atoms with E-state index in [1.54, 1.807) is 0 Å². The maximum Gasteiger partial charge on any atom is 0.258 e. The molecule has 4 rings (SSSR count). The van der Waals surface area contributed by atoms with Crippen LogP contribution < -0.4 is 9.64 Å². The summed E-state index contributed by atoms with van der Waals surface area (Å²) < 4.78 is 5.76. The van der Waals surface area contributed by atoms with E-state index in [2.05, 4.69) is 12.1 Å².